The molecule has 2 fully saturated rings. The Kier molecular flexibility index (Phi) is 11.4. The summed E-state index contributed by atoms with van der Waals surface area (Å²) in [5.74, 6) is 0.626. The van der Waals surface area contributed by atoms with Crippen LogP contribution in [0.1, 0.15) is 80.8 Å². The molecule has 1 aliphatic heterocycles. The average Bonchev–Trinajstić information content (AvgIpc) is 2.99. The number of hydrogen-bond acceptors (Lipinski definition) is 6. The highest BCUT2D eigenvalue weighted by Crippen LogP contribution is 2.46. The summed E-state index contributed by atoms with van der Waals surface area (Å²) in [6.45, 7) is 13.3. The second-order valence-electron chi connectivity index (χ2n) is 15.7. The predicted molar refractivity (Wildman–Crippen MR) is 196 cm³/mol. The molecule has 0 saturated heterocycles. The number of hydrogen-bond donors (Lipinski definition) is 2. The van der Waals surface area contributed by atoms with Gasteiger partial charge in [-0.25, -0.2) is 18.4 Å². The molecule has 3 N–H and O–H groups in total. The SMILES string of the molecule is CC(C)(C)[Si](C)(C)OC(/C=C/[C@@H]1CC[C@H]1CS(N)(=O)=O)[C@@H]1CC[C@H]1CN1CCCCc2cc(Cl)ccc2COc2ccc(C(=O)O)cc21. The van der Waals surface area contributed by atoms with Crippen LogP contribution in [0.2, 0.25) is 23.2 Å². The lowest BCUT2D eigenvalue weighted by Crippen LogP contribution is -2.50. The molecule has 0 radical (unpaired) electrons. The number of aryl methyl sites for hydroxylation is 1. The van der Waals surface area contributed by atoms with Gasteiger partial charge >= 0.3 is 5.97 Å². The van der Waals surface area contributed by atoms with Crippen LogP contribution in [-0.4, -0.2) is 52.8 Å². The van der Waals surface area contributed by atoms with Crippen LogP contribution in [0, 0.1) is 23.7 Å². The van der Waals surface area contributed by atoms with E-state index in [4.69, 9.17) is 25.9 Å². The van der Waals surface area contributed by atoms with Crippen molar-refractivity contribution in [1.82, 2.24) is 0 Å². The summed E-state index contributed by atoms with van der Waals surface area (Å²) in [6.07, 6.45) is 11.1. The summed E-state index contributed by atoms with van der Waals surface area (Å²) in [4.78, 5) is 14.4. The van der Waals surface area contributed by atoms with E-state index < -0.39 is 24.3 Å². The Morgan fingerprint density at radius 1 is 1.10 bits per heavy atom. The van der Waals surface area contributed by atoms with Gasteiger partial charge in [-0.3, -0.25) is 0 Å². The lowest BCUT2D eigenvalue weighted by Gasteiger charge is -2.48. The van der Waals surface area contributed by atoms with E-state index in [1.165, 1.54) is 5.56 Å². The number of aromatic carboxylic acids is 1. The molecule has 0 spiro atoms. The first-order valence-corrected chi connectivity index (χ1v) is 22.4. The van der Waals surface area contributed by atoms with E-state index >= 15 is 0 Å². The Labute approximate surface area is 293 Å². The van der Waals surface area contributed by atoms with E-state index in [1.807, 2.05) is 18.2 Å². The van der Waals surface area contributed by atoms with Gasteiger partial charge in [0.15, 0.2) is 8.32 Å². The van der Waals surface area contributed by atoms with Gasteiger partial charge < -0.3 is 19.2 Å². The van der Waals surface area contributed by atoms with E-state index in [9.17, 15) is 18.3 Å². The standard InChI is InChI=1S/C37H53ClN2O6SSi/c1-37(2,3)48(4,5)46-34(17-13-25-9-10-30(25)24-47(39,43)44)32-16-12-28(32)22-40-19-7-6-8-26-20-31(38)15-11-29(26)23-45-35-18-14-27(36(41)42)21-33(35)40/h11,13-15,17-18,20-21,25,28,30,32,34H,6-10,12,16,19,22-24H2,1-5H3,(H,41,42)(H2,39,43,44)/b17-13+/t25-,28-,30-,32+,34?/m0/s1. The van der Waals surface area contributed by atoms with Crippen molar-refractivity contribution in [3.05, 3.63) is 70.3 Å². The average molecular weight is 717 g/mol. The van der Waals surface area contributed by atoms with Crippen molar-refractivity contribution in [2.75, 3.05) is 23.7 Å². The van der Waals surface area contributed by atoms with Crippen LogP contribution in [-0.2, 0) is 27.5 Å². The van der Waals surface area contributed by atoms with E-state index in [-0.39, 0.29) is 34.3 Å². The lowest BCUT2D eigenvalue weighted by atomic mass is 9.69. The second kappa shape index (κ2) is 14.9. The third kappa shape index (κ3) is 9.04. The fraction of sp³-hybridized carbons (Fsp3) is 0.595. The van der Waals surface area contributed by atoms with Crippen LogP contribution < -0.4 is 14.8 Å². The number of ether oxygens (including phenoxy) is 1. The third-order valence-electron chi connectivity index (χ3n) is 11.3. The minimum Gasteiger partial charge on any atom is -0.487 e. The number of halogens is 1. The van der Waals surface area contributed by atoms with Crippen LogP contribution in [0.3, 0.4) is 0 Å². The van der Waals surface area contributed by atoms with Crippen molar-refractivity contribution in [2.45, 2.75) is 96.6 Å². The number of carbonyl (C=O) groups is 1. The summed E-state index contributed by atoms with van der Waals surface area (Å²) in [7, 11) is -5.65. The monoisotopic (exact) mass is 716 g/mol. The highest BCUT2D eigenvalue weighted by Gasteiger charge is 2.44. The maximum atomic E-state index is 12.1. The summed E-state index contributed by atoms with van der Waals surface area (Å²) in [6, 6.07) is 11.1. The summed E-state index contributed by atoms with van der Waals surface area (Å²) < 4.78 is 37.2. The number of primary sulfonamides is 1. The molecule has 0 aromatic heterocycles. The number of anilines is 1. The van der Waals surface area contributed by atoms with E-state index in [0.29, 0.717) is 29.2 Å². The fourth-order valence-corrected chi connectivity index (χ4v) is 9.49. The van der Waals surface area contributed by atoms with Gasteiger partial charge in [-0.05, 0) is 128 Å². The van der Waals surface area contributed by atoms with Crippen LogP contribution in [0.25, 0.3) is 0 Å². The zero-order chi connectivity index (χ0) is 34.9. The highest BCUT2D eigenvalue weighted by atomic mass is 35.5. The number of benzene rings is 2. The van der Waals surface area contributed by atoms with Crippen molar-refractivity contribution in [3.63, 3.8) is 0 Å². The van der Waals surface area contributed by atoms with Crippen molar-refractivity contribution in [3.8, 4) is 5.75 Å². The van der Waals surface area contributed by atoms with E-state index in [1.54, 1.807) is 18.2 Å². The molecular weight excluding hydrogens is 664 g/mol. The van der Waals surface area contributed by atoms with Crippen LogP contribution in [0.15, 0.2) is 48.6 Å². The number of fused-ring (bicyclic) bond motifs is 2. The van der Waals surface area contributed by atoms with Gasteiger partial charge in [0.1, 0.15) is 12.4 Å². The smallest absolute Gasteiger partial charge is 0.335 e. The first-order valence-electron chi connectivity index (χ1n) is 17.4. The highest BCUT2D eigenvalue weighted by molar-refractivity contribution is 7.89. The first kappa shape index (κ1) is 36.9. The van der Waals surface area contributed by atoms with E-state index in [2.05, 4.69) is 50.9 Å². The Hall–Kier alpha value is -2.37. The predicted octanol–water partition coefficient (Wildman–Crippen LogP) is 8.05. The molecule has 264 valence electrons. The summed E-state index contributed by atoms with van der Waals surface area (Å²) >= 11 is 6.35. The second-order valence-corrected chi connectivity index (χ2v) is 22.5. The molecule has 1 heterocycles. The van der Waals surface area contributed by atoms with E-state index in [0.717, 1.165) is 69.3 Å². The molecule has 0 bridgehead atoms. The molecule has 2 aromatic carbocycles. The molecule has 0 amide bonds. The zero-order valence-corrected chi connectivity index (χ0v) is 31.7. The third-order valence-corrected chi connectivity index (χ3v) is 16.9. The largest absolute Gasteiger partial charge is 0.487 e. The van der Waals surface area contributed by atoms with Crippen LogP contribution in [0.5, 0.6) is 5.75 Å². The molecular formula is C37H53ClN2O6SSi. The number of allylic oxidation sites excluding steroid dienone is 1. The van der Waals surface area contributed by atoms with Gasteiger partial charge in [0.25, 0.3) is 0 Å². The molecule has 1 unspecified atom stereocenters. The zero-order valence-electron chi connectivity index (χ0n) is 29.1. The Morgan fingerprint density at radius 2 is 1.85 bits per heavy atom. The summed E-state index contributed by atoms with van der Waals surface area (Å²) in [5.41, 5.74) is 3.34. The maximum Gasteiger partial charge on any atom is 0.335 e. The number of rotatable bonds is 10. The maximum absolute atomic E-state index is 12.1. The molecule has 5 atom stereocenters. The molecule has 2 aromatic rings. The van der Waals surface area contributed by atoms with Crippen molar-refractivity contribution < 1.29 is 27.5 Å². The van der Waals surface area contributed by atoms with Crippen molar-refractivity contribution >= 4 is 41.6 Å². The Balaban J connectivity index is 1.41. The molecule has 5 rings (SSSR count). The first-order chi connectivity index (χ1) is 22.5. The van der Waals surface area contributed by atoms with Gasteiger partial charge in [-0.2, -0.15) is 0 Å². The molecule has 48 heavy (non-hydrogen) atoms. The van der Waals surface area contributed by atoms with Crippen LogP contribution >= 0.6 is 11.6 Å². The quantitative estimate of drug-likeness (QED) is 0.189. The molecule has 2 aliphatic carbocycles. The number of nitrogens with zero attached hydrogens (tertiary/aromatic N) is 1. The molecule has 3 aliphatic rings. The Bertz CT molecular complexity index is 1610. The minimum absolute atomic E-state index is 0.0225. The lowest BCUT2D eigenvalue weighted by molar-refractivity contribution is 0.0524. The normalized spacial score (nSPS) is 24.4. The number of sulfonamides is 1. The number of carboxylic acids is 1. The van der Waals surface area contributed by atoms with Crippen molar-refractivity contribution in [2.24, 2.45) is 28.8 Å². The van der Waals surface area contributed by atoms with Gasteiger partial charge in [-0.1, -0.05) is 50.6 Å². The van der Waals surface area contributed by atoms with Gasteiger partial charge in [0, 0.05) is 18.1 Å². The summed E-state index contributed by atoms with van der Waals surface area (Å²) in [5, 5.41) is 16.1. The molecule has 11 heteroatoms. The van der Waals surface area contributed by atoms with Gasteiger partial charge in [0.05, 0.1) is 23.1 Å². The van der Waals surface area contributed by atoms with Crippen LogP contribution in [0.4, 0.5) is 5.69 Å². The molecule has 2 saturated carbocycles. The Morgan fingerprint density at radius 3 is 2.48 bits per heavy atom. The number of carboxylic acid groups (broad SMARTS) is 1. The molecule has 8 nitrogen and oxygen atoms in total. The van der Waals surface area contributed by atoms with Gasteiger partial charge in [0.2, 0.25) is 10.0 Å². The van der Waals surface area contributed by atoms with Crippen molar-refractivity contribution in [1.29, 1.82) is 0 Å². The fourth-order valence-electron chi connectivity index (χ4n) is 7.00. The topological polar surface area (TPSA) is 119 Å². The van der Waals surface area contributed by atoms with Gasteiger partial charge in [-0.15, -0.1) is 0 Å². The number of nitrogens with two attached hydrogens (primary N) is 1. The minimum atomic E-state index is -3.52.